The highest BCUT2D eigenvalue weighted by Crippen LogP contribution is 2.45. The standard InChI is InChI=1S/C16H21NO4S/c1-15(21,14(19)20)11-17-13(18)16(9-5-6-10-16)22-12-7-3-2-4-8-12/h2-4,7-8,21H,5-6,9-11H2,1H3,(H,17,18)(H,19,20). The second kappa shape index (κ2) is 6.71. The van der Waals surface area contributed by atoms with Crippen LogP contribution in [0.2, 0.25) is 0 Å². The van der Waals surface area contributed by atoms with Crippen molar-refractivity contribution in [2.45, 2.75) is 47.9 Å². The third kappa shape index (κ3) is 3.81. The minimum Gasteiger partial charge on any atom is -0.479 e. The van der Waals surface area contributed by atoms with Crippen LogP contribution in [0, 0.1) is 0 Å². The topological polar surface area (TPSA) is 86.6 Å². The molecule has 0 aliphatic heterocycles. The molecule has 1 aliphatic carbocycles. The summed E-state index contributed by atoms with van der Waals surface area (Å²) < 4.78 is -0.573. The Morgan fingerprint density at radius 3 is 2.41 bits per heavy atom. The van der Waals surface area contributed by atoms with Crippen molar-refractivity contribution in [1.29, 1.82) is 0 Å². The molecule has 120 valence electrons. The summed E-state index contributed by atoms with van der Waals surface area (Å²) in [4.78, 5) is 24.5. The molecular formula is C16H21NO4S. The zero-order chi connectivity index (χ0) is 16.2. The molecule has 6 heteroatoms. The van der Waals surface area contributed by atoms with Crippen LogP contribution < -0.4 is 5.32 Å². The van der Waals surface area contributed by atoms with Crippen molar-refractivity contribution in [3.63, 3.8) is 0 Å². The van der Waals surface area contributed by atoms with Gasteiger partial charge in [-0.15, -0.1) is 11.8 Å². The number of rotatable bonds is 6. The summed E-state index contributed by atoms with van der Waals surface area (Å²) in [5.41, 5.74) is -1.95. The molecule has 1 aromatic carbocycles. The van der Waals surface area contributed by atoms with E-state index in [2.05, 4.69) is 5.32 Å². The number of carbonyl (C=O) groups excluding carboxylic acids is 1. The highest BCUT2D eigenvalue weighted by molar-refractivity contribution is 8.01. The Bertz CT molecular complexity index is 538. The number of nitrogens with one attached hydrogen (secondary N) is 1. The maximum Gasteiger partial charge on any atom is 0.337 e. The van der Waals surface area contributed by atoms with E-state index in [9.17, 15) is 14.7 Å². The van der Waals surface area contributed by atoms with Crippen molar-refractivity contribution >= 4 is 23.6 Å². The van der Waals surface area contributed by atoms with Crippen molar-refractivity contribution in [2.24, 2.45) is 0 Å². The van der Waals surface area contributed by atoms with Gasteiger partial charge in [0.15, 0.2) is 5.60 Å². The number of amides is 1. The van der Waals surface area contributed by atoms with Crippen molar-refractivity contribution < 1.29 is 19.8 Å². The Hall–Kier alpha value is -1.53. The van der Waals surface area contributed by atoms with E-state index in [-0.39, 0.29) is 12.5 Å². The average molecular weight is 323 g/mol. The van der Waals surface area contributed by atoms with Crippen LogP contribution in [0.1, 0.15) is 32.6 Å². The van der Waals surface area contributed by atoms with Crippen molar-refractivity contribution in [2.75, 3.05) is 6.54 Å². The molecule has 0 spiro atoms. The molecule has 3 N–H and O–H groups in total. The molecule has 1 aliphatic rings. The average Bonchev–Trinajstić information content (AvgIpc) is 2.95. The second-order valence-electron chi connectivity index (χ2n) is 5.88. The Kier molecular flexibility index (Phi) is 5.13. The highest BCUT2D eigenvalue weighted by Gasteiger charge is 2.43. The van der Waals surface area contributed by atoms with Gasteiger partial charge in [-0.1, -0.05) is 31.0 Å². The van der Waals surface area contributed by atoms with Gasteiger partial charge in [-0.25, -0.2) is 4.79 Å². The van der Waals surface area contributed by atoms with Gasteiger partial charge >= 0.3 is 5.97 Å². The van der Waals surface area contributed by atoms with Gasteiger partial charge in [0.1, 0.15) is 0 Å². The maximum atomic E-state index is 12.6. The van der Waals surface area contributed by atoms with Crippen molar-refractivity contribution in [3.8, 4) is 0 Å². The van der Waals surface area contributed by atoms with E-state index in [1.807, 2.05) is 30.3 Å². The molecule has 1 unspecified atom stereocenters. The molecule has 0 heterocycles. The summed E-state index contributed by atoms with van der Waals surface area (Å²) in [7, 11) is 0. The third-order valence-corrected chi connectivity index (χ3v) is 5.43. The molecule has 1 saturated carbocycles. The van der Waals surface area contributed by atoms with E-state index in [0.29, 0.717) is 0 Å². The van der Waals surface area contributed by atoms with Gasteiger partial charge in [0.2, 0.25) is 5.91 Å². The lowest BCUT2D eigenvalue weighted by molar-refractivity contribution is -0.156. The number of carboxylic acid groups (broad SMARTS) is 1. The lowest BCUT2D eigenvalue weighted by Crippen LogP contribution is -2.51. The number of benzene rings is 1. The summed E-state index contributed by atoms with van der Waals surface area (Å²) in [6, 6.07) is 9.71. The zero-order valence-corrected chi connectivity index (χ0v) is 13.4. The number of aliphatic carboxylic acids is 1. The van der Waals surface area contributed by atoms with Crippen LogP contribution in [0.3, 0.4) is 0 Å². The summed E-state index contributed by atoms with van der Waals surface area (Å²) in [6.45, 7) is 0.888. The number of aliphatic hydroxyl groups is 1. The first-order chi connectivity index (χ1) is 10.4. The Morgan fingerprint density at radius 1 is 1.27 bits per heavy atom. The zero-order valence-electron chi connectivity index (χ0n) is 12.5. The molecule has 0 radical (unpaired) electrons. The molecule has 1 atom stereocenters. The van der Waals surface area contributed by atoms with Gasteiger partial charge in [0.05, 0.1) is 11.3 Å². The first-order valence-corrected chi connectivity index (χ1v) is 8.16. The minimum absolute atomic E-state index is 0.194. The SMILES string of the molecule is CC(O)(CNC(=O)C1(Sc2ccccc2)CCCC1)C(=O)O. The van der Waals surface area contributed by atoms with E-state index >= 15 is 0 Å². The van der Waals surface area contributed by atoms with Crippen LogP contribution in [0.4, 0.5) is 0 Å². The molecule has 1 fully saturated rings. The first-order valence-electron chi connectivity index (χ1n) is 7.34. The van der Waals surface area contributed by atoms with Crippen LogP contribution in [0.15, 0.2) is 35.2 Å². The fraction of sp³-hybridized carbons (Fsp3) is 0.500. The predicted octanol–water partition coefficient (Wildman–Crippen LogP) is 2.04. The Balaban J connectivity index is 2.07. The van der Waals surface area contributed by atoms with Crippen LogP contribution in [-0.2, 0) is 9.59 Å². The molecular weight excluding hydrogens is 302 g/mol. The van der Waals surface area contributed by atoms with Gasteiger partial charge in [0.25, 0.3) is 0 Å². The quantitative estimate of drug-likeness (QED) is 0.746. The van der Waals surface area contributed by atoms with Crippen LogP contribution in [0.5, 0.6) is 0 Å². The Morgan fingerprint density at radius 2 is 1.86 bits per heavy atom. The van der Waals surface area contributed by atoms with E-state index in [1.54, 1.807) is 0 Å². The molecule has 0 aromatic heterocycles. The highest BCUT2D eigenvalue weighted by atomic mass is 32.2. The maximum absolute atomic E-state index is 12.6. The summed E-state index contributed by atoms with van der Waals surface area (Å²) in [5.74, 6) is -1.54. The first kappa shape index (κ1) is 16.8. The van der Waals surface area contributed by atoms with E-state index < -0.39 is 16.3 Å². The molecule has 1 amide bonds. The van der Waals surface area contributed by atoms with Crippen molar-refractivity contribution in [1.82, 2.24) is 5.32 Å². The largest absolute Gasteiger partial charge is 0.479 e. The molecule has 1 aromatic rings. The van der Waals surface area contributed by atoms with E-state index in [4.69, 9.17) is 5.11 Å². The smallest absolute Gasteiger partial charge is 0.337 e. The molecule has 0 saturated heterocycles. The lowest BCUT2D eigenvalue weighted by Gasteiger charge is -2.28. The summed E-state index contributed by atoms with van der Waals surface area (Å²) in [5, 5.41) is 21.3. The molecule has 2 rings (SSSR count). The van der Waals surface area contributed by atoms with Crippen molar-refractivity contribution in [3.05, 3.63) is 30.3 Å². The normalized spacial score (nSPS) is 19.4. The number of carbonyl (C=O) groups is 2. The number of hydrogen-bond donors (Lipinski definition) is 3. The van der Waals surface area contributed by atoms with Gasteiger partial charge < -0.3 is 15.5 Å². The molecule has 22 heavy (non-hydrogen) atoms. The van der Waals surface area contributed by atoms with E-state index in [1.165, 1.54) is 18.7 Å². The van der Waals surface area contributed by atoms with Gasteiger partial charge in [-0.05, 0) is 31.9 Å². The Labute approximate surface area is 134 Å². The number of thioether (sulfide) groups is 1. The number of carboxylic acids is 1. The molecule has 5 nitrogen and oxygen atoms in total. The second-order valence-corrected chi connectivity index (χ2v) is 7.34. The summed E-state index contributed by atoms with van der Waals surface area (Å²) >= 11 is 1.52. The number of hydrogen-bond acceptors (Lipinski definition) is 4. The summed E-state index contributed by atoms with van der Waals surface area (Å²) in [6.07, 6.45) is 3.46. The van der Waals surface area contributed by atoms with Gasteiger partial charge in [-0.3, -0.25) is 4.79 Å². The fourth-order valence-corrected chi connectivity index (χ4v) is 3.93. The molecule has 0 bridgehead atoms. The van der Waals surface area contributed by atoms with Gasteiger partial charge in [-0.2, -0.15) is 0 Å². The lowest BCUT2D eigenvalue weighted by atomic mass is 10.0. The van der Waals surface area contributed by atoms with Gasteiger partial charge in [0, 0.05) is 4.90 Å². The third-order valence-electron chi connectivity index (χ3n) is 3.94. The fourth-order valence-electron chi connectivity index (χ4n) is 2.52. The van der Waals surface area contributed by atoms with E-state index in [0.717, 1.165) is 30.6 Å². The minimum atomic E-state index is -1.95. The van der Waals surface area contributed by atoms with Crippen LogP contribution in [0.25, 0.3) is 0 Å². The van der Waals surface area contributed by atoms with Crippen LogP contribution in [-0.4, -0.2) is 39.0 Å². The van der Waals surface area contributed by atoms with Crippen LogP contribution >= 0.6 is 11.8 Å². The monoisotopic (exact) mass is 323 g/mol. The predicted molar refractivity (Wildman–Crippen MR) is 84.8 cm³/mol.